The van der Waals surface area contributed by atoms with E-state index in [-0.39, 0.29) is 5.41 Å². The van der Waals surface area contributed by atoms with E-state index in [1.54, 1.807) is 13.3 Å². The number of pyridine rings is 1. The third-order valence-electron chi connectivity index (χ3n) is 2.68. The van der Waals surface area contributed by atoms with Crippen molar-refractivity contribution in [1.29, 1.82) is 0 Å². The molecule has 0 bridgehead atoms. The molecule has 16 heavy (non-hydrogen) atoms. The van der Waals surface area contributed by atoms with E-state index in [9.17, 15) is 0 Å². The molecule has 88 valence electrons. The maximum absolute atomic E-state index is 5.86. The molecule has 1 aromatic rings. The molecule has 1 fully saturated rings. The quantitative estimate of drug-likeness (QED) is 0.786. The van der Waals surface area contributed by atoms with Crippen molar-refractivity contribution in [2.24, 2.45) is 0 Å². The molecule has 0 unspecified atom stereocenters. The van der Waals surface area contributed by atoms with Crippen LogP contribution in [-0.4, -0.2) is 18.2 Å². The lowest BCUT2D eigenvalue weighted by molar-refractivity contribution is 0.291. The Kier molecular flexibility index (Phi) is 2.78. The highest BCUT2D eigenvalue weighted by Gasteiger charge is 2.27. The SMILES string of the molecule is COc1cc(C(C)(C)C)c(OC2CC2)cn1. The Morgan fingerprint density at radius 2 is 2.00 bits per heavy atom. The molecule has 0 radical (unpaired) electrons. The lowest BCUT2D eigenvalue weighted by Gasteiger charge is -2.22. The van der Waals surface area contributed by atoms with E-state index >= 15 is 0 Å². The van der Waals surface area contributed by atoms with E-state index in [2.05, 4.69) is 25.8 Å². The summed E-state index contributed by atoms with van der Waals surface area (Å²) in [5.41, 5.74) is 1.20. The minimum Gasteiger partial charge on any atom is -0.488 e. The van der Waals surface area contributed by atoms with Crippen LogP contribution in [0.2, 0.25) is 0 Å². The minimum atomic E-state index is 0.0421. The summed E-state index contributed by atoms with van der Waals surface area (Å²) < 4.78 is 11.0. The predicted molar refractivity (Wildman–Crippen MR) is 63.1 cm³/mol. The second-order valence-electron chi connectivity index (χ2n) is 5.29. The summed E-state index contributed by atoms with van der Waals surface area (Å²) in [7, 11) is 1.64. The number of methoxy groups -OCH3 is 1. The van der Waals surface area contributed by atoms with Crippen LogP contribution >= 0.6 is 0 Å². The molecule has 0 spiro atoms. The van der Waals surface area contributed by atoms with Gasteiger partial charge >= 0.3 is 0 Å². The smallest absolute Gasteiger partial charge is 0.213 e. The Labute approximate surface area is 96.8 Å². The van der Waals surface area contributed by atoms with Crippen LogP contribution in [0.25, 0.3) is 0 Å². The van der Waals surface area contributed by atoms with Crippen molar-refractivity contribution in [3.63, 3.8) is 0 Å². The zero-order valence-corrected chi connectivity index (χ0v) is 10.4. The monoisotopic (exact) mass is 221 g/mol. The van der Waals surface area contributed by atoms with Crippen LogP contribution in [-0.2, 0) is 5.41 Å². The minimum absolute atomic E-state index is 0.0421. The van der Waals surface area contributed by atoms with Gasteiger partial charge in [0.15, 0.2) is 0 Å². The first-order valence-electron chi connectivity index (χ1n) is 5.72. The van der Waals surface area contributed by atoms with Gasteiger partial charge in [0.25, 0.3) is 0 Å². The van der Waals surface area contributed by atoms with Crippen LogP contribution in [0.5, 0.6) is 11.6 Å². The van der Waals surface area contributed by atoms with Crippen molar-refractivity contribution < 1.29 is 9.47 Å². The van der Waals surface area contributed by atoms with Crippen molar-refractivity contribution in [2.75, 3.05) is 7.11 Å². The Hall–Kier alpha value is -1.25. The standard InChI is InChI=1S/C13H19NO2/c1-13(2,3)10-7-12(15-4)14-8-11(10)16-9-5-6-9/h7-9H,5-6H2,1-4H3. The molecule has 1 aliphatic carbocycles. The van der Waals surface area contributed by atoms with Gasteiger partial charge in [-0.15, -0.1) is 0 Å². The van der Waals surface area contributed by atoms with Gasteiger partial charge in [-0.05, 0) is 18.3 Å². The second kappa shape index (κ2) is 3.96. The van der Waals surface area contributed by atoms with Crippen LogP contribution in [0.3, 0.4) is 0 Å². The summed E-state index contributed by atoms with van der Waals surface area (Å²) in [5.74, 6) is 1.55. The van der Waals surface area contributed by atoms with E-state index in [1.807, 2.05) is 6.07 Å². The molecule has 0 aliphatic heterocycles. The summed E-state index contributed by atoms with van der Waals surface area (Å²) >= 11 is 0. The zero-order chi connectivity index (χ0) is 11.8. The van der Waals surface area contributed by atoms with Crippen LogP contribution in [0.1, 0.15) is 39.2 Å². The van der Waals surface area contributed by atoms with Crippen molar-refractivity contribution in [3.05, 3.63) is 17.8 Å². The van der Waals surface area contributed by atoms with Gasteiger partial charge in [-0.3, -0.25) is 0 Å². The summed E-state index contributed by atoms with van der Waals surface area (Å²) in [6.07, 6.45) is 4.50. The Bertz CT molecular complexity index is 378. The third-order valence-corrected chi connectivity index (χ3v) is 2.68. The molecular weight excluding hydrogens is 202 g/mol. The summed E-state index contributed by atoms with van der Waals surface area (Å²) in [4.78, 5) is 4.20. The molecule has 3 nitrogen and oxygen atoms in total. The second-order valence-corrected chi connectivity index (χ2v) is 5.29. The first-order valence-corrected chi connectivity index (χ1v) is 5.72. The lowest BCUT2D eigenvalue weighted by atomic mass is 9.87. The molecule has 1 heterocycles. The highest BCUT2D eigenvalue weighted by molar-refractivity contribution is 5.40. The number of hydrogen-bond donors (Lipinski definition) is 0. The van der Waals surface area contributed by atoms with Gasteiger partial charge in [-0.2, -0.15) is 0 Å². The van der Waals surface area contributed by atoms with Gasteiger partial charge in [0.05, 0.1) is 19.4 Å². The van der Waals surface area contributed by atoms with Gasteiger partial charge in [0.1, 0.15) is 5.75 Å². The lowest BCUT2D eigenvalue weighted by Crippen LogP contribution is -2.14. The Morgan fingerprint density at radius 1 is 1.31 bits per heavy atom. The van der Waals surface area contributed by atoms with Gasteiger partial charge in [-0.25, -0.2) is 4.98 Å². The number of rotatable bonds is 3. The molecular formula is C13H19NO2. The Balaban J connectivity index is 2.33. The predicted octanol–water partition coefficient (Wildman–Crippen LogP) is 2.93. The molecule has 1 aliphatic rings. The van der Waals surface area contributed by atoms with Gasteiger partial charge in [0, 0.05) is 11.6 Å². The molecule has 0 saturated heterocycles. The number of hydrogen-bond acceptors (Lipinski definition) is 3. The molecule has 0 aromatic carbocycles. The van der Waals surface area contributed by atoms with E-state index in [4.69, 9.17) is 9.47 Å². The molecule has 0 atom stereocenters. The highest BCUT2D eigenvalue weighted by atomic mass is 16.5. The summed E-state index contributed by atoms with van der Waals surface area (Å²) in [6.45, 7) is 6.50. The van der Waals surface area contributed by atoms with Crippen molar-refractivity contribution in [3.8, 4) is 11.6 Å². The fourth-order valence-electron chi connectivity index (χ4n) is 1.58. The fraction of sp³-hybridized carbons (Fsp3) is 0.615. The molecule has 1 saturated carbocycles. The van der Waals surface area contributed by atoms with Crippen LogP contribution in [0.4, 0.5) is 0 Å². The van der Waals surface area contributed by atoms with E-state index in [0.29, 0.717) is 12.0 Å². The maximum Gasteiger partial charge on any atom is 0.213 e. The normalized spacial score (nSPS) is 16.0. The van der Waals surface area contributed by atoms with Crippen LogP contribution < -0.4 is 9.47 Å². The average molecular weight is 221 g/mol. The Morgan fingerprint density at radius 3 is 2.50 bits per heavy atom. The van der Waals surface area contributed by atoms with Crippen molar-refractivity contribution >= 4 is 0 Å². The van der Waals surface area contributed by atoms with E-state index in [0.717, 1.165) is 24.2 Å². The summed E-state index contributed by atoms with van der Waals surface area (Å²) in [6, 6.07) is 1.97. The van der Waals surface area contributed by atoms with Crippen LogP contribution in [0.15, 0.2) is 12.3 Å². The number of aromatic nitrogens is 1. The maximum atomic E-state index is 5.86. The average Bonchev–Trinajstić information content (AvgIpc) is 3.01. The van der Waals surface area contributed by atoms with E-state index < -0.39 is 0 Å². The first kappa shape index (κ1) is 11.2. The topological polar surface area (TPSA) is 31.4 Å². The molecule has 2 rings (SSSR count). The first-order chi connectivity index (χ1) is 7.50. The van der Waals surface area contributed by atoms with Gasteiger partial charge in [0.2, 0.25) is 5.88 Å². The highest BCUT2D eigenvalue weighted by Crippen LogP contribution is 2.36. The van der Waals surface area contributed by atoms with Crippen LogP contribution in [0, 0.1) is 0 Å². The number of ether oxygens (including phenoxy) is 2. The number of nitrogens with zero attached hydrogens (tertiary/aromatic N) is 1. The molecule has 0 amide bonds. The summed E-state index contributed by atoms with van der Waals surface area (Å²) in [5, 5.41) is 0. The fourth-order valence-corrected chi connectivity index (χ4v) is 1.58. The van der Waals surface area contributed by atoms with Gasteiger partial charge < -0.3 is 9.47 Å². The van der Waals surface area contributed by atoms with Crippen molar-refractivity contribution in [2.45, 2.75) is 45.1 Å². The zero-order valence-electron chi connectivity index (χ0n) is 10.4. The molecule has 3 heteroatoms. The molecule has 0 N–H and O–H groups in total. The largest absolute Gasteiger partial charge is 0.488 e. The third kappa shape index (κ3) is 2.46. The van der Waals surface area contributed by atoms with E-state index in [1.165, 1.54) is 0 Å². The molecule has 1 aromatic heterocycles. The van der Waals surface area contributed by atoms with Crippen molar-refractivity contribution in [1.82, 2.24) is 4.98 Å². The van der Waals surface area contributed by atoms with Gasteiger partial charge in [-0.1, -0.05) is 20.8 Å².